The van der Waals surface area contributed by atoms with Gasteiger partial charge in [0.15, 0.2) is 0 Å². The zero-order valence-corrected chi connectivity index (χ0v) is 28.6. The first-order valence-corrected chi connectivity index (χ1v) is 16.9. The van der Waals surface area contributed by atoms with Crippen LogP contribution in [-0.4, -0.2) is 66.9 Å². The van der Waals surface area contributed by atoms with Gasteiger partial charge < -0.3 is 19.8 Å². The number of carbonyl (C=O) groups excluding carboxylic acids is 1. The van der Waals surface area contributed by atoms with E-state index in [0.717, 1.165) is 78.3 Å². The molecule has 1 aliphatic rings. The van der Waals surface area contributed by atoms with Gasteiger partial charge in [-0.25, -0.2) is 9.78 Å². The van der Waals surface area contributed by atoms with Gasteiger partial charge in [0.25, 0.3) is 5.56 Å². The summed E-state index contributed by atoms with van der Waals surface area (Å²) < 4.78 is 11.6. The summed E-state index contributed by atoms with van der Waals surface area (Å²) in [5.41, 5.74) is 5.48. The van der Waals surface area contributed by atoms with Crippen LogP contribution in [0.2, 0.25) is 0 Å². The molecule has 1 aliphatic heterocycles. The maximum absolute atomic E-state index is 14.2. The number of pyridine rings is 2. The summed E-state index contributed by atoms with van der Waals surface area (Å²) in [6.07, 6.45) is 2.39. The molecule has 250 valence electrons. The number of urea groups is 1. The van der Waals surface area contributed by atoms with Crippen molar-refractivity contribution in [2.75, 3.05) is 56.2 Å². The van der Waals surface area contributed by atoms with Gasteiger partial charge in [0.2, 0.25) is 0 Å². The van der Waals surface area contributed by atoms with Crippen molar-refractivity contribution in [2.24, 2.45) is 5.92 Å². The molecule has 0 spiro atoms. The van der Waals surface area contributed by atoms with Gasteiger partial charge in [-0.2, -0.15) is 0 Å². The SMILES string of the molecule is CC(C)CCN(C(=O)Nc1c(C(C)C)cc(-c2cccc(OCCN3CCOCC3)c2)cc1C(C)C)c1cc2cccnc2[nH]c1=O. The fraction of sp³-hybridized carbons (Fsp3) is 0.447. The number of rotatable bonds is 12. The lowest BCUT2D eigenvalue weighted by Crippen LogP contribution is -2.40. The number of aromatic amines is 1. The highest BCUT2D eigenvalue weighted by Gasteiger charge is 2.24. The van der Waals surface area contributed by atoms with Crippen LogP contribution in [0.1, 0.15) is 70.9 Å². The van der Waals surface area contributed by atoms with E-state index in [1.807, 2.05) is 24.3 Å². The molecule has 0 unspecified atom stereocenters. The van der Waals surface area contributed by atoms with Gasteiger partial charge in [0, 0.05) is 43.4 Å². The van der Waals surface area contributed by atoms with Crippen molar-refractivity contribution in [3.63, 3.8) is 0 Å². The van der Waals surface area contributed by atoms with Crippen LogP contribution in [-0.2, 0) is 4.74 Å². The molecule has 9 nitrogen and oxygen atoms in total. The van der Waals surface area contributed by atoms with Crippen molar-refractivity contribution in [1.82, 2.24) is 14.9 Å². The summed E-state index contributed by atoms with van der Waals surface area (Å²) >= 11 is 0. The summed E-state index contributed by atoms with van der Waals surface area (Å²) in [6.45, 7) is 18.1. The van der Waals surface area contributed by atoms with E-state index in [1.54, 1.807) is 17.2 Å². The maximum atomic E-state index is 14.2. The summed E-state index contributed by atoms with van der Waals surface area (Å²) in [7, 11) is 0. The smallest absolute Gasteiger partial charge is 0.326 e. The maximum Gasteiger partial charge on any atom is 0.326 e. The number of aromatic nitrogens is 2. The molecular formula is C38H49N5O4. The van der Waals surface area contributed by atoms with E-state index in [-0.39, 0.29) is 23.4 Å². The Hall–Kier alpha value is -4.21. The first kappa shape index (κ1) is 34.1. The number of morpholine rings is 1. The molecule has 4 aromatic rings. The summed E-state index contributed by atoms with van der Waals surface area (Å²) in [6, 6.07) is 17.7. The lowest BCUT2D eigenvalue weighted by molar-refractivity contribution is 0.0322. The standard InChI is InChI=1S/C38H49N5O4/c1-25(2)12-14-43(34-24-29-10-8-13-39-36(29)41-37(34)44)38(45)40-35-32(26(3)4)22-30(23-33(35)27(5)6)28-9-7-11-31(21-28)47-20-17-42-15-18-46-19-16-42/h7-11,13,21-27H,12,14-20H2,1-6H3,(H,40,45)(H,39,41,44). The predicted octanol–water partition coefficient (Wildman–Crippen LogP) is 7.63. The second-order valence-corrected chi connectivity index (χ2v) is 13.4. The fourth-order valence-corrected chi connectivity index (χ4v) is 5.91. The number of amides is 2. The molecule has 2 aromatic carbocycles. The van der Waals surface area contributed by atoms with Crippen LogP contribution in [0.5, 0.6) is 5.75 Å². The largest absolute Gasteiger partial charge is 0.492 e. The normalized spacial score (nSPS) is 13.9. The Kier molecular flexibility index (Phi) is 11.3. The van der Waals surface area contributed by atoms with E-state index in [9.17, 15) is 9.59 Å². The van der Waals surface area contributed by atoms with Gasteiger partial charge in [-0.3, -0.25) is 14.6 Å². The quantitative estimate of drug-likeness (QED) is 0.165. The van der Waals surface area contributed by atoms with Gasteiger partial charge in [-0.1, -0.05) is 53.7 Å². The van der Waals surface area contributed by atoms with Gasteiger partial charge in [-0.15, -0.1) is 0 Å². The Morgan fingerprint density at radius 1 is 0.979 bits per heavy atom. The minimum absolute atomic E-state index is 0.134. The first-order valence-electron chi connectivity index (χ1n) is 16.9. The fourth-order valence-electron chi connectivity index (χ4n) is 5.91. The molecule has 1 saturated heterocycles. The molecule has 2 aromatic heterocycles. The number of nitrogens with one attached hydrogen (secondary N) is 2. The Morgan fingerprint density at radius 2 is 1.70 bits per heavy atom. The van der Waals surface area contributed by atoms with Gasteiger partial charge in [0.1, 0.15) is 23.7 Å². The predicted molar refractivity (Wildman–Crippen MR) is 191 cm³/mol. The molecule has 0 radical (unpaired) electrons. The van der Waals surface area contributed by atoms with Crippen molar-refractivity contribution in [2.45, 2.75) is 59.8 Å². The molecular weight excluding hydrogens is 590 g/mol. The highest BCUT2D eigenvalue weighted by molar-refractivity contribution is 6.03. The lowest BCUT2D eigenvalue weighted by Gasteiger charge is -2.27. The Bertz CT molecular complexity index is 1700. The molecule has 0 atom stereocenters. The summed E-state index contributed by atoms with van der Waals surface area (Å²) in [5.74, 6) is 1.45. The van der Waals surface area contributed by atoms with E-state index in [1.165, 1.54) is 0 Å². The Morgan fingerprint density at radius 3 is 2.38 bits per heavy atom. The number of anilines is 2. The third-order valence-corrected chi connectivity index (χ3v) is 8.68. The number of hydrogen-bond donors (Lipinski definition) is 2. The molecule has 0 saturated carbocycles. The number of ether oxygens (including phenoxy) is 2. The highest BCUT2D eigenvalue weighted by atomic mass is 16.5. The van der Waals surface area contributed by atoms with E-state index in [0.29, 0.717) is 30.4 Å². The van der Waals surface area contributed by atoms with E-state index in [4.69, 9.17) is 9.47 Å². The number of benzene rings is 2. The van der Waals surface area contributed by atoms with E-state index in [2.05, 4.69) is 86.0 Å². The molecule has 47 heavy (non-hydrogen) atoms. The third kappa shape index (κ3) is 8.58. The number of carbonyl (C=O) groups is 1. The van der Waals surface area contributed by atoms with E-state index < -0.39 is 0 Å². The molecule has 3 heterocycles. The van der Waals surface area contributed by atoms with Crippen molar-refractivity contribution < 1.29 is 14.3 Å². The van der Waals surface area contributed by atoms with Crippen molar-refractivity contribution >= 4 is 28.4 Å². The zero-order chi connectivity index (χ0) is 33.5. The van der Waals surface area contributed by atoms with Crippen LogP contribution in [0, 0.1) is 5.92 Å². The van der Waals surface area contributed by atoms with Gasteiger partial charge >= 0.3 is 6.03 Å². The highest BCUT2D eigenvalue weighted by Crippen LogP contribution is 2.38. The number of hydrogen-bond acceptors (Lipinski definition) is 6. The molecule has 0 aliphatic carbocycles. The van der Waals surface area contributed by atoms with Crippen LogP contribution in [0.4, 0.5) is 16.2 Å². The van der Waals surface area contributed by atoms with Gasteiger partial charge in [0.05, 0.1) is 13.2 Å². The first-order chi connectivity index (χ1) is 22.6. The molecule has 0 bridgehead atoms. The molecule has 9 heteroatoms. The van der Waals surface area contributed by atoms with E-state index >= 15 is 0 Å². The lowest BCUT2D eigenvalue weighted by atomic mass is 9.88. The van der Waals surface area contributed by atoms with Crippen LogP contribution >= 0.6 is 0 Å². The molecule has 2 amide bonds. The second kappa shape index (κ2) is 15.6. The minimum atomic E-state index is -0.342. The second-order valence-electron chi connectivity index (χ2n) is 13.4. The van der Waals surface area contributed by atoms with Crippen molar-refractivity contribution in [1.29, 1.82) is 0 Å². The molecule has 2 N–H and O–H groups in total. The van der Waals surface area contributed by atoms with Crippen molar-refractivity contribution in [3.8, 4) is 16.9 Å². The molecule has 5 rings (SSSR count). The van der Waals surface area contributed by atoms with Crippen LogP contribution in [0.25, 0.3) is 22.2 Å². The topological polar surface area (TPSA) is 99.8 Å². The van der Waals surface area contributed by atoms with Gasteiger partial charge in [-0.05, 0) is 88.9 Å². The number of H-pyrrole nitrogens is 1. The average molecular weight is 640 g/mol. The van der Waals surface area contributed by atoms with Crippen LogP contribution in [0.15, 0.2) is 65.6 Å². The summed E-state index contributed by atoms with van der Waals surface area (Å²) in [5, 5.41) is 4.04. The third-order valence-electron chi connectivity index (χ3n) is 8.68. The number of fused-ring (bicyclic) bond motifs is 1. The Balaban J connectivity index is 1.45. The average Bonchev–Trinajstić information content (AvgIpc) is 3.05. The Labute approximate surface area is 278 Å². The van der Waals surface area contributed by atoms with Crippen LogP contribution < -0.4 is 20.5 Å². The van der Waals surface area contributed by atoms with Crippen molar-refractivity contribution in [3.05, 3.63) is 82.3 Å². The molecule has 1 fully saturated rings. The zero-order valence-electron chi connectivity index (χ0n) is 28.6. The monoisotopic (exact) mass is 639 g/mol. The van der Waals surface area contributed by atoms with Crippen LogP contribution in [0.3, 0.4) is 0 Å². The summed E-state index contributed by atoms with van der Waals surface area (Å²) in [4.78, 5) is 38.5. The number of nitrogens with zero attached hydrogens (tertiary/aromatic N) is 3. The minimum Gasteiger partial charge on any atom is -0.492 e.